The normalized spacial score (nSPS) is 46.2. The molecule has 2 rings (SSSR count). The molecule has 0 saturated heterocycles. The van der Waals surface area contributed by atoms with E-state index in [4.69, 9.17) is 4.74 Å². The van der Waals surface area contributed by atoms with E-state index in [1.54, 1.807) is 7.11 Å². The number of aliphatic hydroxyl groups is 1. The van der Waals surface area contributed by atoms with Crippen LogP contribution in [0.2, 0.25) is 0 Å². The lowest BCUT2D eigenvalue weighted by Gasteiger charge is -2.46. The minimum Gasteiger partial charge on any atom is -0.382 e. The van der Waals surface area contributed by atoms with Crippen molar-refractivity contribution in [2.75, 3.05) is 7.11 Å². The first-order chi connectivity index (χ1) is 6.54. The van der Waals surface area contributed by atoms with Crippen molar-refractivity contribution in [1.29, 1.82) is 0 Å². The van der Waals surface area contributed by atoms with Crippen molar-refractivity contribution >= 4 is 0 Å². The molecule has 2 aliphatic carbocycles. The third kappa shape index (κ3) is 1.10. The summed E-state index contributed by atoms with van der Waals surface area (Å²) < 4.78 is 5.65. The van der Waals surface area contributed by atoms with Crippen molar-refractivity contribution in [3.05, 3.63) is 12.2 Å². The summed E-state index contributed by atoms with van der Waals surface area (Å²) in [6, 6.07) is 0. The van der Waals surface area contributed by atoms with Gasteiger partial charge in [0.15, 0.2) is 0 Å². The van der Waals surface area contributed by atoms with Gasteiger partial charge in [0.05, 0.1) is 0 Å². The van der Waals surface area contributed by atoms with Gasteiger partial charge < -0.3 is 9.84 Å². The van der Waals surface area contributed by atoms with E-state index in [-0.39, 0.29) is 11.5 Å². The van der Waals surface area contributed by atoms with Crippen molar-refractivity contribution in [1.82, 2.24) is 0 Å². The quantitative estimate of drug-likeness (QED) is 0.686. The number of hydrogen-bond donors (Lipinski definition) is 1. The molecule has 0 heterocycles. The minimum absolute atomic E-state index is 0.206. The molecule has 0 aromatic rings. The summed E-state index contributed by atoms with van der Waals surface area (Å²) in [5.41, 5.74) is -1.09. The molecule has 2 aliphatic rings. The van der Waals surface area contributed by atoms with E-state index in [2.05, 4.69) is 19.9 Å². The van der Waals surface area contributed by atoms with Crippen LogP contribution in [0.25, 0.3) is 0 Å². The maximum atomic E-state index is 10.7. The average molecular weight is 196 g/mol. The predicted octanol–water partition coefficient (Wildman–Crippen LogP) is 2.13. The summed E-state index contributed by atoms with van der Waals surface area (Å²) in [6.45, 7) is 4.12. The minimum atomic E-state index is -0.769. The van der Waals surface area contributed by atoms with Crippen molar-refractivity contribution in [2.24, 2.45) is 11.8 Å². The first-order valence-corrected chi connectivity index (χ1v) is 5.51. The molecule has 80 valence electrons. The molecule has 3 atom stereocenters. The number of allylic oxidation sites excluding steroid dienone is 1. The first kappa shape index (κ1) is 10.2. The van der Waals surface area contributed by atoms with Crippen LogP contribution in [0, 0.1) is 11.8 Å². The number of rotatable bonds is 2. The number of hydrogen-bond acceptors (Lipinski definition) is 2. The largest absolute Gasteiger partial charge is 0.382 e. The Kier molecular flexibility index (Phi) is 2.24. The van der Waals surface area contributed by atoms with Crippen LogP contribution in [-0.4, -0.2) is 23.4 Å². The second kappa shape index (κ2) is 3.07. The van der Waals surface area contributed by atoms with Gasteiger partial charge >= 0.3 is 0 Å². The van der Waals surface area contributed by atoms with Gasteiger partial charge in [-0.3, -0.25) is 0 Å². The van der Waals surface area contributed by atoms with Crippen molar-refractivity contribution in [3.63, 3.8) is 0 Å². The number of fused-ring (bicyclic) bond motifs is 2. The third-order valence-electron chi connectivity index (χ3n) is 4.13. The Morgan fingerprint density at radius 1 is 1.50 bits per heavy atom. The van der Waals surface area contributed by atoms with Crippen LogP contribution in [0.4, 0.5) is 0 Å². The zero-order valence-electron chi connectivity index (χ0n) is 9.29. The highest BCUT2D eigenvalue weighted by atomic mass is 16.5. The van der Waals surface area contributed by atoms with Gasteiger partial charge in [-0.1, -0.05) is 26.0 Å². The topological polar surface area (TPSA) is 29.5 Å². The molecule has 0 spiro atoms. The molecule has 0 aliphatic heterocycles. The second-order valence-corrected chi connectivity index (χ2v) is 5.04. The van der Waals surface area contributed by atoms with E-state index in [0.29, 0.717) is 5.92 Å². The average Bonchev–Trinajstić information content (AvgIpc) is 2.54. The van der Waals surface area contributed by atoms with Crippen LogP contribution < -0.4 is 0 Å². The standard InChI is InChI=1S/C12H20O2/c1-9(2)12(13)7-5-10-4-6-11(12,8-10)14-3/h5,7,9-10,13H,4,6,8H2,1-3H3/t10-,11+,12-/m1/s1. The fraction of sp³-hybridized carbons (Fsp3) is 0.833. The fourth-order valence-electron chi connectivity index (χ4n) is 3.08. The van der Waals surface area contributed by atoms with Crippen molar-refractivity contribution in [2.45, 2.75) is 44.3 Å². The molecule has 0 radical (unpaired) electrons. The van der Waals surface area contributed by atoms with Gasteiger partial charge in [-0.2, -0.15) is 0 Å². The Morgan fingerprint density at radius 3 is 2.79 bits per heavy atom. The van der Waals surface area contributed by atoms with Crippen LogP contribution in [0.1, 0.15) is 33.1 Å². The SMILES string of the molecule is CO[C@]12CC[C@H](C=C[C@@]1(O)C(C)C)C2. The number of methoxy groups -OCH3 is 1. The van der Waals surface area contributed by atoms with E-state index >= 15 is 0 Å². The third-order valence-corrected chi connectivity index (χ3v) is 4.13. The molecule has 1 saturated carbocycles. The van der Waals surface area contributed by atoms with Gasteiger partial charge in [-0.15, -0.1) is 0 Å². The lowest BCUT2D eigenvalue weighted by Crippen LogP contribution is -2.57. The van der Waals surface area contributed by atoms with Gasteiger partial charge in [0.1, 0.15) is 11.2 Å². The lowest BCUT2D eigenvalue weighted by molar-refractivity contribution is -0.165. The van der Waals surface area contributed by atoms with Gasteiger partial charge in [-0.25, -0.2) is 0 Å². The Labute approximate surface area is 86.0 Å². The van der Waals surface area contributed by atoms with E-state index < -0.39 is 5.60 Å². The monoisotopic (exact) mass is 196 g/mol. The molecule has 14 heavy (non-hydrogen) atoms. The molecule has 1 N–H and O–H groups in total. The Bertz CT molecular complexity index is 259. The molecule has 1 fully saturated rings. The van der Waals surface area contributed by atoms with Crippen LogP contribution in [0.15, 0.2) is 12.2 Å². The molecule has 2 nitrogen and oxygen atoms in total. The van der Waals surface area contributed by atoms with Gasteiger partial charge in [0, 0.05) is 7.11 Å². The zero-order chi connectivity index (χ0) is 10.4. The zero-order valence-corrected chi connectivity index (χ0v) is 9.29. The smallest absolute Gasteiger partial charge is 0.114 e. The molecular formula is C12H20O2. The fourth-order valence-corrected chi connectivity index (χ4v) is 3.08. The molecule has 0 amide bonds. The predicted molar refractivity (Wildman–Crippen MR) is 56.0 cm³/mol. The highest BCUT2D eigenvalue weighted by molar-refractivity contribution is 5.23. The maximum Gasteiger partial charge on any atom is 0.114 e. The highest BCUT2D eigenvalue weighted by Gasteiger charge is 2.56. The van der Waals surface area contributed by atoms with E-state index in [1.807, 2.05) is 6.08 Å². The molecule has 2 heteroatoms. The molecular weight excluding hydrogens is 176 g/mol. The van der Waals surface area contributed by atoms with E-state index in [1.165, 1.54) is 0 Å². The summed E-state index contributed by atoms with van der Waals surface area (Å²) in [4.78, 5) is 0. The van der Waals surface area contributed by atoms with Crippen LogP contribution in [0.5, 0.6) is 0 Å². The number of ether oxygens (including phenoxy) is 1. The molecule has 0 unspecified atom stereocenters. The lowest BCUT2D eigenvalue weighted by atomic mass is 9.70. The summed E-state index contributed by atoms with van der Waals surface area (Å²) in [5, 5.41) is 10.7. The summed E-state index contributed by atoms with van der Waals surface area (Å²) >= 11 is 0. The van der Waals surface area contributed by atoms with Crippen LogP contribution in [-0.2, 0) is 4.74 Å². The van der Waals surface area contributed by atoms with E-state index in [0.717, 1.165) is 19.3 Å². The van der Waals surface area contributed by atoms with Crippen LogP contribution in [0.3, 0.4) is 0 Å². The molecule has 0 aromatic heterocycles. The maximum absolute atomic E-state index is 10.7. The van der Waals surface area contributed by atoms with Gasteiger partial charge in [-0.05, 0) is 31.1 Å². The Morgan fingerprint density at radius 2 is 2.21 bits per heavy atom. The van der Waals surface area contributed by atoms with Gasteiger partial charge in [0.2, 0.25) is 0 Å². The van der Waals surface area contributed by atoms with Crippen LogP contribution >= 0.6 is 0 Å². The van der Waals surface area contributed by atoms with E-state index in [9.17, 15) is 5.11 Å². The second-order valence-electron chi connectivity index (χ2n) is 5.04. The highest BCUT2D eigenvalue weighted by Crippen LogP contribution is 2.51. The summed E-state index contributed by atoms with van der Waals surface area (Å²) in [5.74, 6) is 0.826. The molecule has 0 aromatic carbocycles. The van der Waals surface area contributed by atoms with Gasteiger partial charge in [0.25, 0.3) is 0 Å². The summed E-state index contributed by atoms with van der Waals surface area (Å²) in [6.07, 6.45) is 7.26. The Balaban J connectivity index is 2.40. The summed E-state index contributed by atoms with van der Waals surface area (Å²) in [7, 11) is 1.73. The van der Waals surface area contributed by atoms with Crippen molar-refractivity contribution < 1.29 is 9.84 Å². The van der Waals surface area contributed by atoms with Crippen molar-refractivity contribution in [3.8, 4) is 0 Å². The first-order valence-electron chi connectivity index (χ1n) is 5.51. The Hall–Kier alpha value is -0.340. The molecule has 2 bridgehead atoms.